The van der Waals surface area contributed by atoms with E-state index < -0.39 is 5.97 Å². The number of carbonyl (C=O) groups excluding carboxylic acids is 1. The van der Waals surface area contributed by atoms with Gasteiger partial charge >= 0.3 is 5.97 Å². The Bertz CT molecular complexity index is 903. The average Bonchev–Trinajstić information content (AvgIpc) is 2.70. The summed E-state index contributed by atoms with van der Waals surface area (Å²) in [6, 6.07) is 23.2. The first kappa shape index (κ1) is 18.4. The average molecular weight is 361 g/mol. The maximum atomic E-state index is 12.2. The summed E-state index contributed by atoms with van der Waals surface area (Å²) in [5.41, 5.74) is 3.33. The van der Waals surface area contributed by atoms with Crippen LogP contribution in [0.2, 0.25) is 0 Å². The molecular weight excluding hydrogens is 342 g/mol. The monoisotopic (exact) mass is 361 g/mol. The minimum absolute atomic E-state index is 0.145. The topological polar surface area (TPSA) is 75.6 Å². The predicted molar refractivity (Wildman–Crippen MR) is 103 cm³/mol. The molecule has 0 aliphatic carbocycles. The van der Waals surface area contributed by atoms with Crippen LogP contribution in [0.15, 0.2) is 78.9 Å². The van der Waals surface area contributed by atoms with Crippen molar-refractivity contribution < 1.29 is 19.4 Å². The highest BCUT2D eigenvalue weighted by Crippen LogP contribution is 2.13. The molecule has 136 valence electrons. The van der Waals surface area contributed by atoms with Gasteiger partial charge in [-0.15, -0.1) is 0 Å². The molecule has 3 aromatic rings. The van der Waals surface area contributed by atoms with E-state index in [4.69, 9.17) is 9.84 Å². The van der Waals surface area contributed by atoms with Crippen molar-refractivity contribution in [1.29, 1.82) is 0 Å². The van der Waals surface area contributed by atoms with Crippen LogP contribution >= 0.6 is 0 Å². The third kappa shape index (κ3) is 5.26. The standard InChI is InChI=1S/C22H19NO4/c24-21(18-8-10-19(11-9-18)22(25)26)23-20-12-6-17(7-13-20)15-27-14-16-4-2-1-3-5-16/h1-13H,14-15H2,(H,23,24)(H,25,26). The van der Waals surface area contributed by atoms with Crippen molar-refractivity contribution in [2.75, 3.05) is 5.32 Å². The summed E-state index contributed by atoms with van der Waals surface area (Å²) in [5, 5.41) is 11.7. The number of ether oxygens (including phenoxy) is 1. The molecule has 0 unspecified atom stereocenters. The molecule has 0 saturated carbocycles. The number of hydrogen-bond donors (Lipinski definition) is 2. The normalized spacial score (nSPS) is 10.4. The summed E-state index contributed by atoms with van der Waals surface area (Å²) in [5.74, 6) is -1.31. The van der Waals surface area contributed by atoms with E-state index in [9.17, 15) is 9.59 Å². The van der Waals surface area contributed by atoms with E-state index >= 15 is 0 Å². The molecule has 0 radical (unpaired) electrons. The molecule has 0 spiro atoms. The van der Waals surface area contributed by atoms with Crippen LogP contribution in [0.5, 0.6) is 0 Å². The molecule has 3 aromatic carbocycles. The molecule has 0 heterocycles. The maximum absolute atomic E-state index is 12.2. The molecule has 2 N–H and O–H groups in total. The van der Waals surface area contributed by atoms with Crippen molar-refractivity contribution in [3.63, 3.8) is 0 Å². The van der Waals surface area contributed by atoms with Crippen LogP contribution in [0.25, 0.3) is 0 Å². The third-order valence-corrected chi connectivity index (χ3v) is 3.99. The van der Waals surface area contributed by atoms with E-state index in [0.29, 0.717) is 24.5 Å². The van der Waals surface area contributed by atoms with E-state index in [0.717, 1.165) is 11.1 Å². The second-order valence-corrected chi connectivity index (χ2v) is 6.01. The zero-order valence-electron chi connectivity index (χ0n) is 14.6. The molecule has 0 fully saturated rings. The lowest BCUT2D eigenvalue weighted by Gasteiger charge is -2.08. The summed E-state index contributed by atoms with van der Waals surface area (Å²) in [6.45, 7) is 1.03. The Labute approximate surface area is 157 Å². The van der Waals surface area contributed by atoms with Gasteiger partial charge < -0.3 is 15.2 Å². The van der Waals surface area contributed by atoms with Crippen LogP contribution in [0.3, 0.4) is 0 Å². The lowest BCUT2D eigenvalue weighted by atomic mass is 10.1. The van der Waals surface area contributed by atoms with Crippen molar-refractivity contribution in [2.24, 2.45) is 0 Å². The first-order valence-corrected chi connectivity index (χ1v) is 8.47. The van der Waals surface area contributed by atoms with Crippen LogP contribution in [0.4, 0.5) is 5.69 Å². The van der Waals surface area contributed by atoms with E-state index in [-0.39, 0.29) is 11.5 Å². The highest BCUT2D eigenvalue weighted by Gasteiger charge is 2.08. The Kier molecular flexibility index (Phi) is 5.97. The summed E-state index contributed by atoms with van der Waals surface area (Å²) < 4.78 is 5.69. The van der Waals surface area contributed by atoms with Gasteiger partial charge in [0.15, 0.2) is 0 Å². The van der Waals surface area contributed by atoms with E-state index in [1.807, 2.05) is 54.6 Å². The number of carboxylic acids is 1. The molecule has 27 heavy (non-hydrogen) atoms. The van der Waals surface area contributed by atoms with Crippen LogP contribution in [-0.2, 0) is 18.0 Å². The van der Waals surface area contributed by atoms with Crippen LogP contribution in [0.1, 0.15) is 31.8 Å². The Morgan fingerprint density at radius 3 is 1.89 bits per heavy atom. The van der Waals surface area contributed by atoms with Crippen molar-refractivity contribution in [1.82, 2.24) is 0 Å². The minimum atomic E-state index is -1.02. The lowest BCUT2D eigenvalue weighted by molar-refractivity contribution is 0.0696. The van der Waals surface area contributed by atoms with Gasteiger partial charge in [0.1, 0.15) is 0 Å². The first-order valence-electron chi connectivity index (χ1n) is 8.47. The fraction of sp³-hybridized carbons (Fsp3) is 0.0909. The molecule has 5 nitrogen and oxygen atoms in total. The Hall–Kier alpha value is -3.44. The Morgan fingerprint density at radius 1 is 0.741 bits per heavy atom. The maximum Gasteiger partial charge on any atom is 0.335 e. The Balaban J connectivity index is 1.52. The molecule has 3 rings (SSSR count). The van der Waals surface area contributed by atoms with Crippen molar-refractivity contribution in [3.05, 3.63) is 101 Å². The van der Waals surface area contributed by atoms with Gasteiger partial charge in [-0.2, -0.15) is 0 Å². The van der Waals surface area contributed by atoms with Gasteiger partial charge in [-0.05, 0) is 47.5 Å². The number of benzene rings is 3. The van der Waals surface area contributed by atoms with Gasteiger partial charge in [0.2, 0.25) is 0 Å². The van der Waals surface area contributed by atoms with Crippen molar-refractivity contribution in [2.45, 2.75) is 13.2 Å². The molecule has 0 aliphatic rings. The molecular formula is C22H19NO4. The molecule has 5 heteroatoms. The highest BCUT2D eigenvalue weighted by molar-refractivity contribution is 6.04. The van der Waals surface area contributed by atoms with E-state index in [1.165, 1.54) is 24.3 Å². The number of amides is 1. The Morgan fingerprint density at radius 2 is 1.30 bits per heavy atom. The van der Waals surface area contributed by atoms with E-state index in [2.05, 4.69) is 5.32 Å². The quantitative estimate of drug-likeness (QED) is 0.656. The largest absolute Gasteiger partial charge is 0.478 e. The SMILES string of the molecule is O=C(O)c1ccc(C(=O)Nc2ccc(COCc3ccccc3)cc2)cc1. The molecule has 0 bridgehead atoms. The van der Waals surface area contributed by atoms with Gasteiger partial charge in [-0.25, -0.2) is 4.79 Å². The number of hydrogen-bond acceptors (Lipinski definition) is 3. The molecule has 0 atom stereocenters. The lowest BCUT2D eigenvalue weighted by Crippen LogP contribution is -2.12. The van der Waals surface area contributed by atoms with Gasteiger partial charge in [0.25, 0.3) is 5.91 Å². The molecule has 0 saturated heterocycles. The van der Waals surface area contributed by atoms with Crippen LogP contribution in [0, 0.1) is 0 Å². The number of carbonyl (C=O) groups is 2. The minimum Gasteiger partial charge on any atom is -0.478 e. The zero-order valence-corrected chi connectivity index (χ0v) is 14.6. The van der Waals surface area contributed by atoms with Crippen molar-refractivity contribution in [3.8, 4) is 0 Å². The number of aromatic carboxylic acids is 1. The molecule has 0 aliphatic heterocycles. The number of anilines is 1. The van der Waals surface area contributed by atoms with Gasteiger partial charge in [0, 0.05) is 11.3 Å². The fourth-order valence-electron chi connectivity index (χ4n) is 2.51. The second kappa shape index (κ2) is 8.78. The summed E-state index contributed by atoms with van der Waals surface area (Å²) in [7, 11) is 0. The van der Waals surface area contributed by atoms with Crippen LogP contribution in [-0.4, -0.2) is 17.0 Å². The van der Waals surface area contributed by atoms with Crippen molar-refractivity contribution >= 4 is 17.6 Å². The fourth-order valence-corrected chi connectivity index (χ4v) is 2.51. The summed E-state index contributed by atoms with van der Waals surface area (Å²) >= 11 is 0. The third-order valence-electron chi connectivity index (χ3n) is 3.99. The predicted octanol–water partition coefficient (Wildman–Crippen LogP) is 4.35. The van der Waals surface area contributed by atoms with Gasteiger partial charge in [-0.3, -0.25) is 4.79 Å². The van der Waals surface area contributed by atoms with Crippen LogP contribution < -0.4 is 5.32 Å². The number of nitrogens with one attached hydrogen (secondary N) is 1. The smallest absolute Gasteiger partial charge is 0.335 e. The highest BCUT2D eigenvalue weighted by atomic mass is 16.5. The van der Waals surface area contributed by atoms with Gasteiger partial charge in [-0.1, -0.05) is 42.5 Å². The molecule has 1 amide bonds. The van der Waals surface area contributed by atoms with E-state index in [1.54, 1.807) is 0 Å². The second-order valence-electron chi connectivity index (χ2n) is 6.01. The summed E-state index contributed by atoms with van der Waals surface area (Å²) in [4.78, 5) is 23.1. The van der Waals surface area contributed by atoms with Gasteiger partial charge in [0.05, 0.1) is 18.8 Å². The number of rotatable bonds is 7. The summed E-state index contributed by atoms with van der Waals surface area (Å²) in [6.07, 6.45) is 0. The number of carboxylic acid groups (broad SMARTS) is 1. The zero-order chi connectivity index (χ0) is 19.1. The first-order chi connectivity index (χ1) is 13.1. The molecule has 0 aromatic heterocycles.